The quantitative estimate of drug-likeness (QED) is 0.411. The molecule has 0 amide bonds. The zero-order valence-electron chi connectivity index (χ0n) is 8.33. The minimum absolute atomic E-state index is 0.129. The molecule has 66 valence electrons. The molecule has 1 aromatic rings. The van der Waals surface area contributed by atoms with Crippen LogP contribution in [0.1, 0.15) is 22.4 Å². The van der Waals surface area contributed by atoms with E-state index in [1.807, 2.05) is 27.7 Å². The molecule has 1 rings (SSSR count). The first kappa shape index (κ1) is 9.17. The molecule has 0 bridgehead atoms. The van der Waals surface area contributed by atoms with E-state index in [9.17, 15) is 4.39 Å². The fourth-order valence-corrected chi connectivity index (χ4v) is 1.36. The third-order valence-electron chi connectivity index (χ3n) is 2.77. The number of nitrogens with zero attached hydrogens (tertiary/aromatic N) is 1. The molecule has 0 aliphatic carbocycles. The Balaban J connectivity index is 3.60. The fraction of sp³-hybridized carbons (Fsp3) is 0.500. The number of pyridine rings is 1. The average Bonchev–Trinajstić information content (AvgIpc) is 2.08. The summed E-state index contributed by atoms with van der Waals surface area (Å²) in [7, 11) is 1.75. The molecule has 1 heterocycles. The molecule has 0 unspecified atom stereocenters. The third kappa shape index (κ3) is 1.11. The van der Waals surface area contributed by atoms with Crippen LogP contribution in [0, 0.1) is 33.6 Å². The molecule has 12 heavy (non-hydrogen) atoms. The number of rotatable bonds is 0. The van der Waals surface area contributed by atoms with Gasteiger partial charge in [-0.1, -0.05) is 0 Å². The first-order valence-corrected chi connectivity index (χ1v) is 4.08. The maximum absolute atomic E-state index is 13.4. The van der Waals surface area contributed by atoms with E-state index >= 15 is 0 Å². The van der Waals surface area contributed by atoms with Crippen molar-refractivity contribution in [1.82, 2.24) is 0 Å². The van der Waals surface area contributed by atoms with E-state index in [2.05, 4.69) is 0 Å². The van der Waals surface area contributed by atoms with Gasteiger partial charge >= 0.3 is 5.95 Å². The Morgan fingerprint density at radius 3 is 1.92 bits per heavy atom. The maximum Gasteiger partial charge on any atom is 0.362 e. The van der Waals surface area contributed by atoms with Crippen LogP contribution in [0.5, 0.6) is 0 Å². The van der Waals surface area contributed by atoms with Gasteiger partial charge in [-0.3, -0.25) is 0 Å². The number of aromatic nitrogens is 1. The topological polar surface area (TPSA) is 3.88 Å². The van der Waals surface area contributed by atoms with Crippen molar-refractivity contribution in [1.29, 1.82) is 0 Å². The van der Waals surface area contributed by atoms with Gasteiger partial charge in [-0.2, -0.15) is 4.57 Å². The summed E-state index contributed by atoms with van der Waals surface area (Å²) in [5.41, 5.74) is 3.98. The molecular formula is C10H15FN+. The van der Waals surface area contributed by atoms with Crippen LogP contribution in [0.15, 0.2) is 0 Å². The minimum atomic E-state index is -0.129. The molecule has 0 saturated carbocycles. The number of halogens is 1. The highest BCUT2D eigenvalue weighted by molar-refractivity contribution is 5.30. The summed E-state index contributed by atoms with van der Waals surface area (Å²) in [5.74, 6) is -0.129. The summed E-state index contributed by atoms with van der Waals surface area (Å²) in [6.07, 6.45) is 0. The summed E-state index contributed by atoms with van der Waals surface area (Å²) < 4.78 is 15.0. The lowest BCUT2D eigenvalue weighted by atomic mass is 10.0. The molecule has 0 N–H and O–H groups in total. The predicted molar refractivity (Wildman–Crippen MR) is 46.5 cm³/mol. The van der Waals surface area contributed by atoms with Gasteiger partial charge < -0.3 is 0 Å². The van der Waals surface area contributed by atoms with Crippen LogP contribution < -0.4 is 4.57 Å². The van der Waals surface area contributed by atoms with E-state index in [-0.39, 0.29) is 5.95 Å². The van der Waals surface area contributed by atoms with Gasteiger partial charge in [0.05, 0.1) is 5.56 Å². The minimum Gasteiger partial charge on any atom is -0.174 e. The standard InChI is InChI=1S/C10H15FN/c1-6-7(2)9(4)12(5)10(11)8(6)3/h1-5H3/q+1. The van der Waals surface area contributed by atoms with Crippen molar-refractivity contribution < 1.29 is 8.96 Å². The Morgan fingerprint density at radius 1 is 0.917 bits per heavy atom. The highest BCUT2D eigenvalue weighted by Crippen LogP contribution is 2.14. The monoisotopic (exact) mass is 168 g/mol. The first-order chi connectivity index (χ1) is 5.46. The fourth-order valence-electron chi connectivity index (χ4n) is 1.36. The van der Waals surface area contributed by atoms with Gasteiger partial charge in [0.15, 0.2) is 5.69 Å². The van der Waals surface area contributed by atoms with E-state index in [1.165, 1.54) is 5.56 Å². The Labute approximate surface area is 72.9 Å². The van der Waals surface area contributed by atoms with Crippen LogP contribution in [0.3, 0.4) is 0 Å². The van der Waals surface area contributed by atoms with Gasteiger partial charge in [0.1, 0.15) is 7.05 Å². The van der Waals surface area contributed by atoms with Crippen LogP contribution in [0.25, 0.3) is 0 Å². The zero-order valence-corrected chi connectivity index (χ0v) is 8.33. The summed E-state index contributed by atoms with van der Waals surface area (Å²) >= 11 is 0. The predicted octanol–water partition coefficient (Wildman–Crippen LogP) is 1.88. The molecule has 2 heteroatoms. The second-order valence-corrected chi connectivity index (χ2v) is 3.31. The molecular weight excluding hydrogens is 153 g/mol. The Morgan fingerprint density at radius 2 is 1.42 bits per heavy atom. The highest BCUT2D eigenvalue weighted by Gasteiger charge is 2.18. The molecule has 0 spiro atoms. The van der Waals surface area contributed by atoms with Crippen LogP contribution in [0.2, 0.25) is 0 Å². The van der Waals surface area contributed by atoms with Crippen LogP contribution in [-0.4, -0.2) is 0 Å². The van der Waals surface area contributed by atoms with Crippen molar-refractivity contribution in [3.8, 4) is 0 Å². The van der Waals surface area contributed by atoms with Crippen molar-refractivity contribution in [3.05, 3.63) is 28.3 Å². The van der Waals surface area contributed by atoms with Gasteiger partial charge in [0.2, 0.25) is 0 Å². The zero-order chi connectivity index (χ0) is 9.46. The maximum atomic E-state index is 13.4. The summed E-state index contributed by atoms with van der Waals surface area (Å²) in [5, 5.41) is 0. The van der Waals surface area contributed by atoms with Gasteiger partial charge in [0, 0.05) is 12.5 Å². The summed E-state index contributed by atoms with van der Waals surface area (Å²) in [4.78, 5) is 0. The van der Waals surface area contributed by atoms with E-state index in [0.29, 0.717) is 0 Å². The summed E-state index contributed by atoms with van der Waals surface area (Å²) in [6, 6.07) is 0. The molecule has 0 radical (unpaired) electrons. The lowest BCUT2D eigenvalue weighted by molar-refractivity contribution is -0.706. The number of hydrogen-bond acceptors (Lipinski definition) is 0. The largest absolute Gasteiger partial charge is 0.362 e. The van der Waals surface area contributed by atoms with Crippen molar-refractivity contribution in [2.24, 2.45) is 7.05 Å². The second-order valence-electron chi connectivity index (χ2n) is 3.31. The Bertz CT molecular complexity index is 224. The third-order valence-corrected chi connectivity index (χ3v) is 2.77. The first-order valence-electron chi connectivity index (χ1n) is 4.08. The van der Waals surface area contributed by atoms with E-state index < -0.39 is 0 Å². The van der Waals surface area contributed by atoms with Crippen molar-refractivity contribution in [3.63, 3.8) is 0 Å². The Hall–Kier alpha value is -0.920. The second kappa shape index (κ2) is 2.85. The Kier molecular flexibility index (Phi) is 2.18. The SMILES string of the molecule is Cc1c(C)c(C)[n+](C)c(F)c1C. The van der Waals surface area contributed by atoms with Gasteiger partial charge in [-0.05, 0) is 26.3 Å². The van der Waals surface area contributed by atoms with Gasteiger partial charge in [0.25, 0.3) is 0 Å². The van der Waals surface area contributed by atoms with E-state index in [4.69, 9.17) is 0 Å². The molecule has 0 aliphatic rings. The molecule has 1 nitrogen and oxygen atoms in total. The molecule has 0 saturated heterocycles. The van der Waals surface area contributed by atoms with Crippen LogP contribution in [-0.2, 0) is 7.05 Å². The molecule has 0 atom stereocenters. The molecule has 1 aromatic heterocycles. The normalized spacial score (nSPS) is 10.5. The van der Waals surface area contributed by atoms with Crippen molar-refractivity contribution in [2.75, 3.05) is 0 Å². The molecule has 0 fully saturated rings. The highest BCUT2D eigenvalue weighted by atomic mass is 19.1. The van der Waals surface area contributed by atoms with Crippen LogP contribution >= 0.6 is 0 Å². The lowest BCUT2D eigenvalue weighted by Crippen LogP contribution is -2.38. The lowest BCUT2D eigenvalue weighted by Gasteiger charge is -2.06. The smallest absolute Gasteiger partial charge is 0.174 e. The van der Waals surface area contributed by atoms with Crippen molar-refractivity contribution in [2.45, 2.75) is 27.7 Å². The summed E-state index contributed by atoms with van der Waals surface area (Å²) in [6.45, 7) is 7.74. The number of hydrogen-bond donors (Lipinski definition) is 0. The average molecular weight is 168 g/mol. The van der Waals surface area contributed by atoms with E-state index in [0.717, 1.165) is 16.8 Å². The van der Waals surface area contributed by atoms with Gasteiger partial charge in [-0.15, -0.1) is 4.39 Å². The van der Waals surface area contributed by atoms with E-state index in [1.54, 1.807) is 11.6 Å². The van der Waals surface area contributed by atoms with Gasteiger partial charge in [-0.25, -0.2) is 0 Å². The van der Waals surface area contributed by atoms with Crippen LogP contribution in [0.4, 0.5) is 4.39 Å². The molecule has 0 aliphatic heterocycles. The molecule has 0 aromatic carbocycles. The van der Waals surface area contributed by atoms with Crippen molar-refractivity contribution >= 4 is 0 Å².